The van der Waals surface area contributed by atoms with Crippen LogP contribution >= 0.6 is 0 Å². The number of hydrogen-bond acceptors (Lipinski definition) is 5. The van der Waals surface area contributed by atoms with Gasteiger partial charge in [0.25, 0.3) is 0 Å². The van der Waals surface area contributed by atoms with Gasteiger partial charge in [-0.25, -0.2) is 0 Å². The van der Waals surface area contributed by atoms with E-state index in [1.165, 1.54) is 11.1 Å². The topological polar surface area (TPSA) is 52.4 Å². The summed E-state index contributed by atoms with van der Waals surface area (Å²) in [5.74, 6) is 0. The molecule has 0 radical (unpaired) electrons. The Balaban J connectivity index is 1.18. The normalized spacial score (nSPS) is 25.0. The van der Waals surface area contributed by atoms with Gasteiger partial charge in [-0.05, 0) is 37.1 Å². The summed E-state index contributed by atoms with van der Waals surface area (Å²) in [6.07, 6.45) is 3.90. The van der Waals surface area contributed by atoms with Crippen LogP contribution in [-0.4, -0.2) is 39.2 Å². The van der Waals surface area contributed by atoms with Crippen LogP contribution in [0.2, 0.25) is 0 Å². The molecule has 2 aliphatic heterocycles. The summed E-state index contributed by atoms with van der Waals surface area (Å²) < 4.78 is 16.9. The van der Waals surface area contributed by atoms with Crippen LogP contribution in [0.15, 0.2) is 58.5 Å². The van der Waals surface area contributed by atoms with Gasteiger partial charge in [0.15, 0.2) is 0 Å². The zero-order valence-electron chi connectivity index (χ0n) is 15.7. The summed E-state index contributed by atoms with van der Waals surface area (Å²) >= 11 is 0. The molecule has 4 rings (SSSR count). The maximum Gasteiger partial charge on any atom is 0.149 e. The second-order valence-electron chi connectivity index (χ2n) is 7.52. The monoisotopic (exact) mass is 364 g/mol. The third kappa shape index (κ3) is 3.58. The fourth-order valence-electron chi connectivity index (χ4n) is 3.59. The molecule has 0 aliphatic carbocycles. The van der Waals surface area contributed by atoms with Gasteiger partial charge in [-0.1, -0.05) is 36.4 Å². The Morgan fingerprint density at radius 3 is 1.59 bits per heavy atom. The van der Waals surface area contributed by atoms with Crippen LogP contribution in [0.25, 0.3) is 0 Å². The lowest BCUT2D eigenvalue weighted by atomic mass is 9.86. The van der Waals surface area contributed by atoms with Crippen LogP contribution in [0.5, 0.6) is 0 Å². The maximum atomic E-state index is 5.71. The smallest absolute Gasteiger partial charge is 0.149 e. The SMILES string of the molecule is CC1(COCOCOCC2(C)C=Nc3ccccc32)C=Nc2ccccc21. The standard InChI is InChI=1S/C22H24N2O3/c1-21(11-23-19-9-5-3-7-17(19)21)13-25-15-27-16-26-14-22(2)12-24-20-10-6-4-8-18(20)22/h3-12H,13-16H2,1-2H3. The summed E-state index contributed by atoms with van der Waals surface area (Å²) in [5, 5.41) is 0. The molecule has 0 saturated carbocycles. The molecule has 2 aromatic carbocycles. The highest BCUT2D eigenvalue weighted by atomic mass is 16.7. The number of para-hydroxylation sites is 2. The van der Waals surface area contributed by atoms with Gasteiger partial charge < -0.3 is 14.2 Å². The highest BCUT2D eigenvalue weighted by Gasteiger charge is 2.32. The first-order valence-electron chi connectivity index (χ1n) is 9.13. The summed E-state index contributed by atoms with van der Waals surface area (Å²) in [6, 6.07) is 16.3. The molecule has 2 atom stereocenters. The number of benzene rings is 2. The average Bonchev–Trinajstić information content (AvgIpc) is 3.20. The van der Waals surface area contributed by atoms with Gasteiger partial charge in [0.05, 0.1) is 35.4 Å². The van der Waals surface area contributed by atoms with Gasteiger partial charge in [0.1, 0.15) is 13.6 Å². The van der Waals surface area contributed by atoms with Crippen molar-refractivity contribution in [1.29, 1.82) is 0 Å². The van der Waals surface area contributed by atoms with E-state index in [2.05, 4.69) is 36.0 Å². The van der Waals surface area contributed by atoms with Crippen molar-refractivity contribution in [2.75, 3.05) is 26.8 Å². The predicted octanol–water partition coefficient (Wildman–Crippen LogP) is 4.30. The molecule has 2 unspecified atom stereocenters. The highest BCUT2D eigenvalue weighted by Crippen LogP contribution is 2.37. The van der Waals surface area contributed by atoms with Gasteiger partial charge in [0.2, 0.25) is 0 Å². The van der Waals surface area contributed by atoms with Crippen molar-refractivity contribution < 1.29 is 14.2 Å². The number of fused-ring (bicyclic) bond motifs is 2. The number of nitrogens with zero attached hydrogens (tertiary/aromatic N) is 2. The van der Waals surface area contributed by atoms with Crippen LogP contribution in [0.1, 0.15) is 25.0 Å². The Kier molecular flexibility index (Phi) is 4.91. The number of rotatable bonds is 8. The maximum absolute atomic E-state index is 5.71. The molecule has 2 aliphatic rings. The van der Waals surface area contributed by atoms with Gasteiger partial charge in [-0.2, -0.15) is 0 Å². The van der Waals surface area contributed by atoms with Crippen molar-refractivity contribution in [3.8, 4) is 0 Å². The Bertz CT molecular complexity index is 808. The predicted molar refractivity (Wildman–Crippen MR) is 107 cm³/mol. The molecule has 0 saturated heterocycles. The zero-order valence-corrected chi connectivity index (χ0v) is 15.7. The lowest BCUT2D eigenvalue weighted by molar-refractivity contribution is -0.137. The van der Waals surface area contributed by atoms with Crippen LogP contribution < -0.4 is 0 Å². The lowest BCUT2D eigenvalue weighted by Gasteiger charge is -2.23. The minimum absolute atomic E-state index is 0.187. The van der Waals surface area contributed by atoms with Crippen LogP contribution in [0.4, 0.5) is 11.4 Å². The van der Waals surface area contributed by atoms with E-state index < -0.39 is 0 Å². The zero-order chi connectivity index (χ0) is 18.7. The second-order valence-corrected chi connectivity index (χ2v) is 7.52. The molecule has 5 nitrogen and oxygen atoms in total. The molecular formula is C22H24N2O3. The summed E-state index contributed by atoms with van der Waals surface area (Å²) in [6.45, 7) is 5.66. The Hall–Kier alpha value is -2.34. The first-order valence-corrected chi connectivity index (χ1v) is 9.13. The van der Waals surface area contributed by atoms with E-state index in [0.717, 1.165) is 11.4 Å². The third-order valence-electron chi connectivity index (χ3n) is 5.15. The van der Waals surface area contributed by atoms with Crippen LogP contribution in [0, 0.1) is 0 Å². The van der Waals surface area contributed by atoms with E-state index in [9.17, 15) is 0 Å². The quantitative estimate of drug-likeness (QED) is 0.518. The highest BCUT2D eigenvalue weighted by molar-refractivity contribution is 5.85. The summed E-state index contributed by atoms with van der Waals surface area (Å²) in [5.41, 5.74) is 3.98. The van der Waals surface area contributed by atoms with E-state index in [4.69, 9.17) is 14.2 Å². The summed E-state index contributed by atoms with van der Waals surface area (Å²) in [7, 11) is 0. The molecule has 0 fully saturated rings. The Labute approximate surface area is 159 Å². The minimum Gasteiger partial charge on any atom is -0.354 e. The molecule has 0 aromatic heterocycles. The number of ether oxygens (including phenoxy) is 3. The molecular weight excluding hydrogens is 340 g/mol. The van der Waals surface area contributed by atoms with E-state index in [1.54, 1.807) is 0 Å². The van der Waals surface area contributed by atoms with Crippen molar-refractivity contribution >= 4 is 23.8 Å². The van der Waals surface area contributed by atoms with Gasteiger partial charge in [-0.15, -0.1) is 0 Å². The van der Waals surface area contributed by atoms with Gasteiger partial charge in [-0.3, -0.25) is 9.98 Å². The van der Waals surface area contributed by atoms with Crippen molar-refractivity contribution in [3.63, 3.8) is 0 Å². The number of aliphatic imine (C=N–C) groups is 2. The number of hydrogen-bond donors (Lipinski definition) is 0. The van der Waals surface area contributed by atoms with Crippen LogP contribution in [0.3, 0.4) is 0 Å². The van der Waals surface area contributed by atoms with Crippen LogP contribution in [-0.2, 0) is 25.0 Å². The second kappa shape index (κ2) is 7.35. The molecule has 0 spiro atoms. The fourth-order valence-corrected chi connectivity index (χ4v) is 3.59. The van der Waals surface area contributed by atoms with E-state index in [1.807, 2.05) is 48.8 Å². The minimum atomic E-state index is -0.210. The van der Waals surface area contributed by atoms with Gasteiger partial charge in [0, 0.05) is 12.4 Å². The van der Waals surface area contributed by atoms with Crippen molar-refractivity contribution in [1.82, 2.24) is 0 Å². The third-order valence-corrected chi connectivity index (χ3v) is 5.15. The van der Waals surface area contributed by atoms with E-state index >= 15 is 0 Å². The van der Waals surface area contributed by atoms with E-state index in [0.29, 0.717) is 13.2 Å². The molecule has 0 bridgehead atoms. The Morgan fingerprint density at radius 1 is 0.667 bits per heavy atom. The summed E-state index contributed by atoms with van der Waals surface area (Å²) in [4.78, 5) is 8.94. The molecule has 2 aromatic rings. The van der Waals surface area contributed by atoms with Crippen molar-refractivity contribution in [2.45, 2.75) is 24.7 Å². The first-order chi connectivity index (χ1) is 13.1. The fraction of sp³-hybridized carbons (Fsp3) is 0.364. The molecule has 5 heteroatoms. The molecule has 27 heavy (non-hydrogen) atoms. The van der Waals surface area contributed by atoms with Crippen molar-refractivity contribution in [3.05, 3.63) is 59.7 Å². The average molecular weight is 364 g/mol. The molecule has 140 valence electrons. The first kappa shape index (κ1) is 18.0. The molecule has 2 heterocycles. The van der Waals surface area contributed by atoms with Gasteiger partial charge >= 0.3 is 0 Å². The lowest BCUT2D eigenvalue weighted by Crippen LogP contribution is -2.29. The van der Waals surface area contributed by atoms with E-state index in [-0.39, 0.29) is 24.4 Å². The molecule has 0 N–H and O–H groups in total. The molecule has 0 amide bonds. The van der Waals surface area contributed by atoms with Crippen molar-refractivity contribution in [2.24, 2.45) is 9.98 Å². The largest absolute Gasteiger partial charge is 0.354 e. The Morgan fingerprint density at radius 2 is 1.11 bits per heavy atom.